The molecular formula is C14H19N5O3S. The third kappa shape index (κ3) is 3.35. The molecule has 124 valence electrons. The largest absolute Gasteiger partial charge is 0.349 e. The van der Waals surface area contributed by atoms with Crippen molar-refractivity contribution in [2.75, 3.05) is 18.8 Å². The molecule has 1 aliphatic rings. The number of fused-ring (bicyclic) bond motifs is 1. The first-order valence-corrected chi connectivity index (χ1v) is 9.18. The lowest BCUT2D eigenvalue weighted by atomic mass is 10.1. The lowest BCUT2D eigenvalue weighted by molar-refractivity contribution is 0.0923. The van der Waals surface area contributed by atoms with Gasteiger partial charge >= 0.3 is 0 Å². The SMILES string of the molecule is CCS(=O)(=O)N1CCC(NC(=O)c2ccc3nncn3c2)CC1. The minimum absolute atomic E-state index is 0.0117. The van der Waals surface area contributed by atoms with Crippen molar-refractivity contribution >= 4 is 21.6 Å². The molecule has 2 aromatic rings. The van der Waals surface area contributed by atoms with Gasteiger partial charge in [-0.25, -0.2) is 12.7 Å². The van der Waals surface area contributed by atoms with Gasteiger partial charge in [0.2, 0.25) is 10.0 Å². The van der Waals surface area contributed by atoms with Crippen LogP contribution in [0.5, 0.6) is 0 Å². The summed E-state index contributed by atoms with van der Waals surface area (Å²) in [7, 11) is -3.14. The summed E-state index contributed by atoms with van der Waals surface area (Å²) in [5.74, 6) is -0.0550. The molecule has 0 bridgehead atoms. The zero-order valence-corrected chi connectivity index (χ0v) is 13.7. The Balaban J connectivity index is 1.61. The summed E-state index contributed by atoms with van der Waals surface area (Å²) in [6.07, 6.45) is 4.47. The zero-order valence-electron chi connectivity index (χ0n) is 12.8. The van der Waals surface area contributed by atoms with Gasteiger partial charge in [0.05, 0.1) is 11.3 Å². The third-order valence-corrected chi connectivity index (χ3v) is 5.98. The van der Waals surface area contributed by atoms with E-state index < -0.39 is 10.0 Å². The van der Waals surface area contributed by atoms with Gasteiger partial charge in [-0.05, 0) is 31.9 Å². The van der Waals surface area contributed by atoms with Gasteiger partial charge in [-0.1, -0.05) is 0 Å². The Kier molecular flexibility index (Phi) is 4.31. The highest BCUT2D eigenvalue weighted by molar-refractivity contribution is 7.89. The standard InChI is InChI=1S/C14H19N5O3S/c1-2-23(21,22)19-7-5-12(6-8-19)16-14(20)11-3-4-13-17-15-10-18(13)9-11/h3-4,9-10,12H,2,5-8H2,1H3,(H,16,20). The highest BCUT2D eigenvalue weighted by atomic mass is 32.2. The van der Waals surface area contributed by atoms with Crippen molar-refractivity contribution in [2.24, 2.45) is 0 Å². The Morgan fingerprint density at radius 1 is 1.35 bits per heavy atom. The van der Waals surface area contributed by atoms with E-state index in [4.69, 9.17) is 0 Å². The van der Waals surface area contributed by atoms with Gasteiger partial charge in [0.1, 0.15) is 6.33 Å². The fraction of sp³-hybridized carbons (Fsp3) is 0.500. The summed E-state index contributed by atoms with van der Waals surface area (Å²) in [4.78, 5) is 12.3. The average molecular weight is 337 g/mol. The molecule has 0 aliphatic carbocycles. The van der Waals surface area contributed by atoms with Crippen LogP contribution in [0.4, 0.5) is 0 Å². The number of rotatable bonds is 4. The molecule has 1 N–H and O–H groups in total. The van der Waals surface area contributed by atoms with Crippen molar-refractivity contribution in [2.45, 2.75) is 25.8 Å². The van der Waals surface area contributed by atoms with Crippen LogP contribution in [0.15, 0.2) is 24.7 Å². The van der Waals surface area contributed by atoms with Crippen molar-refractivity contribution in [3.63, 3.8) is 0 Å². The normalized spacial score (nSPS) is 17.4. The van der Waals surface area contributed by atoms with Crippen molar-refractivity contribution in [1.82, 2.24) is 24.2 Å². The second kappa shape index (κ2) is 6.25. The third-order valence-electron chi connectivity index (χ3n) is 4.10. The van der Waals surface area contributed by atoms with E-state index in [1.165, 1.54) is 4.31 Å². The van der Waals surface area contributed by atoms with E-state index in [0.29, 0.717) is 37.1 Å². The van der Waals surface area contributed by atoms with Gasteiger partial charge in [-0.2, -0.15) is 0 Å². The zero-order chi connectivity index (χ0) is 16.4. The monoisotopic (exact) mass is 337 g/mol. The van der Waals surface area contributed by atoms with Crippen LogP contribution in [0.1, 0.15) is 30.1 Å². The molecule has 3 heterocycles. The summed E-state index contributed by atoms with van der Waals surface area (Å²) in [6.45, 7) is 2.54. The van der Waals surface area contributed by atoms with Gasteiger partial charge in [0.15, 0.2) is 5.65 Å². The Morgan fingerprint density at radius 3 is 2.78 bits per heavy atom. The van der Waals surface area contributed by atoms with Crippen LogP contribution in [0.3, 0.4) is 0 Å². The Morgan fingerprint density at radius 2 is 2.09 bits per heavy atom. The highest BCUT2D eigenvalue weighted by Gasteiger charge is 2.27. The molecule has 1 amide bonds. The Labute approximate surface area is 134 Å². The minimum Gasteiger partial charge on any atom is -0.349 e. The quantitative estimate of drug-likeness (QED) is 0.864. The fourth-order valence-corrected chi connectivity index (χ4v) is 3.82. The topological polar surface area (TPSA) is 96.7 Å². The number of hydrogen-bond acceptors (Lipinski definition) is 5. The molecule has 0 radical (unpaired) electrons. The van der Waals surface area contributed by atoms with Crippen LogP contribution in [-0.4, -0.2) is 58.1 Å². The number of carbonyl (C=O) groups excluding carboxylic acids is 1. The molecule has 1 fully saturated rings. The summed E-state index contributed by atoms with van der Waals surface area (Å²) < 4.78 is 26.8. The van der Waals surface area contributed by atoms with Crippen LogP contribution in [0, 0.1) is 0 Å². The van der Waals surface area contributed by atoms with E-state index in [1.54, 1.807) is 36.0 Å². The molecule has 0 saturated carbocycles. The second-order valence-corrected chi connectivity index (χ2v) is 7.82. The summed E-state index contributed by atoms with van der Waals surface area (Å²) in [6, 6.07) is 3.43. The summed E-state index contributed by atoms with van der Waals surface area (Å²) in [5, 5.41) is 10.6. The molecule has 1 saturated heterocycles. The van der Waals surface area contributed by atoms with E-state index in [0.717, 1.165) is 0 Å². The van der Waals surface area contributed by atoms with Gasteiger partial charge in [0, 0.05) is 25.3 Å². The van der Waals surface area contributed by atoms with Crippen LogP contribution >= 0.6 is 0 Å². The van der Waals surface area contributed by atoms with E-state index in [1.807, 2.05) is 0 Å². The van der Waals surface area contributed by atoms with Gasteiger partial charge < -0.3 is 5.32 Å². The Bertz CT molecular complexity index is 809. The molecule has 1 aliphatic heterocycles. The number of aromatic nitrogens is 3. The maximum absolute atomic E-state index is 12.3. The number of amides is 1. The van der Waals surface area contributed by atoms with Gasteiger partial charge in [-0.3, -0.25) is 9.20 Å². The fourth-order valence-electron chi connectivity index (χ4n) is 2.69. The minimum atomic E-state index is -3.14. The number of nitrogens with one attached hydrogen (secondary N) is 1. The maximum atomic E-state index is 12.3. The van der Waals surface area contributed by atoms with Crippen molar-refractivity contribution in [3.8, 4) is 0 Å². The van der Waals surface area contributed by atoms with Gasteiger partial charge in [-0.15, -0.1) is 10.2 Å². The number of sulfonamides is 1. The number of pyridine rings is 1. The molecule has 0 unspecified atom stereocenters. The van der Waals surface area contributed by atoms with Crippen LogP contribution in [0.2, 0.25) is 0 Å². The Hall–Kier alpha value is -2.00. The smallest absolute Gasteiger partial charge is 0.252 e. The maximum Gasteiger partial charge on any atom is 0.252 e. The van der Waals surface area contributed by atoms with E-state index in [-0.39, 0.29) is 17.7 Å². The van der Waals surface area contributed by atoms with Crippen molar-refractivity contribution in [1.29, 1.82) is 0 Å². The second-order valence-electron chi connectivity index (χ2n) is 5.56. The predicted octanol–water partition coefficient (Wildman–Crippen LogP) is 0.273. The van der Waals surface area contributed by atoms with Crippen LogP contribution in [0.25, 0.3) is 5.65 Å². The highest BCUT2D eigenvalue weighted by Crippen LogP contribution is 2.15. The van der Waals surface area contributed by atoms with Crippen LogP contribution < -0.4 is 5.32 Å². The molecule has 0 spiro atoms. The number of piperidine rings is 1. The summed E-state index contributed by atoms with van der Waals surface area (Å²) >= 11 is 0. The van der Waals surface area contributed by atoms with Crippen molar-refractivity contribution < 1.29 is 13.2 Å². The van der Waals surface area contributed by atoms with Crippen molar-refractivity contribution in [3.05, 3.63) is 30.2 Å². The number of carbonyl (C=O) groups is 1. The van der Waals surface area contributed by atoms with E-state index in [9.17, 15) is 13.2 Å². The van der Waals surface area contributed by atoms with Crippen LogP contribution in [-0.2, 0) is 10.0 Å². The average Bonchev–Trinajstić information content (AvgIpc) is 3.03. The lowest BCUT2D eigenvalue weighted by Gasteiger charge is -2.31. The first-order chi connectivity index (χ1) is 11.0. The first kappa shape index (κ1) is 15.9. The lowest BCUT2D eigenvalue weighted by Crippen LogP contribution is -2.46. The van der Waals surface area contributed by atoms with E-state index >= 15 is 0 Å². The molecule has 8 nitrogen and oxygen atoms in total. The number of hydrogen-bond donors (Lipinski definition) is 1. The molecule has 0 aromatic carbocycles. The molecular weight excluding hydrogens is 318 g/mol. The number of nitrogens with zero attached hydrogens (tertiary/aromatic N) is 4. The van der Waals surface area contributed by atoms with E-state index in [2.05, 4.69) is 15.5 Å². The molecule has 23 heavy (non-hydrogen) atoms. The summed E-state index contributed by atoms with van der Waals surface area (Å²) in [5.41, 5.74) is 1.21. The van der Waals surface area contributed by atoms with Gasteiger partial charge in [0.25, 0.3) is 5.91 Å². The molecule has 3 rings (SSSR count). The molecule has 0 atom stereocenters. The predicted molar refractivity (Wildman–Crippen MR) is 84.5 cm³/mol. The first-order valence-electron chi connectivity index (χ1n) is 7.57. The molecule has 2 aromatic heterocycles. The molecule has 9 heteroatoms.